The quantitative estimate of drug-likeness (QED) is 0.572. The summed E-state index contributed by atoms with van der Waals surface area (Å²) in [6, 6.07) is 6.07. The summed E-state index contributed by atoms with van der Waals surface area (Å²) in [5.41, 5.74) is 0.686. The third kappa shape index (κ3) is 6.23. The van der Waals surface area contributed by atoms with Gasteiger partial charge in [0.15, 0.2) is 0 Å². The average Bonchev–Trinajstić information content (AvgIpc) is 2.44. The highest BCUT2D eigenvalue weighted by Crippen LogP contribution is 2.10. The first-order chi connectivity index (χ1) is 10.3. The van der Waals surface area contributed by atoms with Crippen LogP contribution in [0.25, 0.3) is 0 Å². The van der Waals surface area contributed by atoms with E-state index in [1.807, 2.05) is 0 Å². The van der Waals surface area contributed by atoms with Gasteiger partial charge in [-0.15, -0.1) is 0 Å². The largest absolute Gasteiger partial charge is 0.481 e. The predicted octanol–water partition coefficient (Wildman–Crippen LogP) is 0.508. The normalized spacial score (nSPS) is 11.1. The Morgan fingerprint density at radius 2 is 1.82 bits per heavy atom. The second kappa shape index (κ2) is 8.50. The van der Waals surface area contributed by atoms with Gasteiger partial charge in [0.1, 0.15) is 0 Å². The number of rotatable bonds is 9. The van der Waals surface area contributed by atoms with Gasteiger partial charge in [0.25, 0.3) is 0 Å². The van der Waals surface area contributed by atoms with Crippen LogP contribution in [0.3, 0.4) is 0 Å². The highest BCUT2D eigenvalue weighted by molar-refractivity contribution is 7.89. The molecule has 0 aliphatic heterocycles. The SMILES string of the molecule is CCNS(=O)(=O)c1ccc(CC(=O)NCCCC(=O)O)cc1. The molecule has 0 spiro atoms. The van der Waals surface area contributed by atoms with Crippen molar-refractivity contribution in [3.05, 3.63) is 29.8 Å². The van der Waals surface area contributed by atoms with Crippen molar-refractivity contribution < 1.29 is 23.1 Å². The number of benzene rings is 1. The molecule has 0 aliphatic carbocycles. The lowest BCUT2D eigenvalue weighted by molar-refractivity contribution is -0.137. The molecule has 1 amide bonds. The number of carbonyl (C=O) groups excluding carboxylic acids is 1. The van der Waals surface area contributed by atoms with E-state index in [9.17, 15) is 18.0 Å². The standard InChI is InChI=1S/C14H20N2O5S/c1-2-16-22(20,21)12-7-5-11(6-8-12)10-13(17)15-9-3-4-14(18)19/h5-8,16H,2-4,9-10H2,1H3,(H,15,17)(H,18,19). The number of nitrogens with one attached hydrogen (secondary N) is 2. The van der Waals surface area contributed by atoms with Gasteiger partial charge in [-0.2, -0.15) is 0 Å². The number of hydrogen-bond acceptors (Lipinski definition) is 4. The second-order valence-electron chi connectivity index (χ2n) is 4.67. The van der Waals surface area contributed by atoms with E-state index in [2.05, 4.69) is 10.0 Å². The molecule has 3 N–H and O–H groups in total. The summed E-state index contributed by atoms with van der Waals surface area (Å²) in [5.74, 6) is -1.13. The molecular weight excluding hydrogens is 308 g/mol. The van der Waals surface area contributed by atoms with Crippen LogP contribution in [0.15, 0.2) is 29.2 Å². The van der Waals surface area contributed by atoms with E-state index in [4.69, 9.17) is 5.11 Å². The molecule has 0 aliphatic rings. The van der Waals surface area contributed by atoms with Gasteiger partial charge >= 0.3 is 5.97 Å². The second-order valence-corrected chi connectivity index (χ2v) is 6.44. The fourth-order valence-corrected chi connectivity index (χ4v) is 2.82. The Balaban J connectivity index is 2.50. The maximum Gasteiger partial charge on any atom is 0.303 e. The van der Waals surface area contributed by atoms with Crippen LogP contribution in [0.4, 0.5) is 0 Å². The van der Waals surface area contributed by atoms with Crippen molar-refractivity contribution in [2.45, 2.75) is 31.1 Å². The molecule has 8 heteroatoms. The summed E-state index contributed by atoms with van der Waals surface area (Å²) in [5, 5.41) is 11.1. The Morgan fingerprint density at radius 3 is 2.36 bits per heavy atom. The number of carboxylic acids is 1. The Morgan fingerprint density at radius 1 is 1.18 bits per heavy atom. The summed E-state index contributed by atoms with van der Waals surface area (Å²) in [7, 11) is -3.49. The summed E-state index contributed by atoms with van der Waals surface area (Å²) in [6.07, 6.45) is 0.507. The smallest absolute Gasteiger partial charge is 0.303 e. The highest BCUT2D eigenvalue weighted by atomic mass is 32.2. The van der Waals surface area contributed by atoms with Crippen molar-refractivity contribution in [2.24, 2.45) is 0 Å². The average molecular weight is 328 g/mol. The molecule has 0 atom stereocenters. The topological polar surface area (TPSA) is 113 Å². The molecule has 0 bridgehead atoms. The van der Waals surface area contributed by atoms with Crippen LogP contribution >= 0.6 is 0 Å². The first-order valence-corrected chi connectivity index (χ1v) is 8.40. The molecule has 1 aromatic carbocycles. The monoisotopic (exact) mass is 328 g/mol. The number of carbonyl (C=O) groups is 2. The number of hydrogen-bond donors (Lipinski definition) is 3. The lowest BCUT2D eigenvalue weighted by atomic mass is 10.1. The van der Waals surface area contributed by atoms with Crippen LogP contribution in [-0.4, -0.2) is 38.5 Å². The molecule has 7 nitrogen and oxygen atoms in total. The molecule has 122 valence electrons. The van der Waals surface area contributed by atoms with Crippen molar-refractivity contribution in [3.63, 3.8) is 0 Å². The first-order valence-electron chi connectivity index (χ1n) is 6.92. The van der Waals surface area contributed by atoms with Crippen molar-refractivity contribution >= 4 is 21.9 Å². The molecule has 1 aromatic rings. The summed E-state index contributed by atoms with van der Waals surface area (Å²) in [6.45, 7) is 2.31. The van der Waals surface area contributed by atoms with E-state index in [1.54, 1.807) is 19.1 Å². The van der Waals surface area contributed by atoms with Crippen LogP contribution < -0.4 is 10.0 Å². The van der Waals surface area contributed by atoms with Gasteiger partial charge in [-0.1, -0.05) is 19.1 Å². The fraction of sp³-hybridized carbons (Fsp3) is 0.429. The van der Waals surface area contributed by atoms with E-state index >= 15 is 0 Å². The number of sulfonamides is 1. The Bertz CT molecular complexity index is 611. The predicted molar refractivity (Wildman–Crippen MR) is 80.9 cm³/mol. The van der Waals surface area contributed by atoms with Crippen LogP contribution in [0, 0.1) is 0 Å². The van der Waals surface area contributed by atoms with Gasteiger partial charge in [0, 0.05) is 19.5 Å². The maximum atomic E-state index is 11.8. The van der Waals surface area contributed by atoms with Crippen LogP contribution in [0.5, 0.6) is 0 Å². The number of amides is 1. The zero-order valence-electron chi connectivity index (χ0n) is 12.3. The zero-order valence-corrected chi connectivity index (χ0v) is 13.1. The van der Waals surface area contributed by atoms with E-state index < -0.39 is 16.0 Å². The van der Waals surface area contributed by atoms with E-state index in [-0.39, 0.29) is 23.6 Å². The first kappa shape index (κ1) is 18.1. The minimum atomic E-state index is -3.49. The third-order valence-electron chi connectivity index (χ3n) is 2.82. The minimum absolute atomic E-state index is 0.0112. The van der Waals surface area contributed by atoms with Crippen molar-refractivity contribution in [3.8, 4) is 0 Å². The molecule has 0 fully saturated rings. The van der Waals surface area contributed by atoms with Gasteiger partial charge in [0.2, 0.25) is 15.9 Å². The summed E-state index contributed by atoms with van der Waals surface area (Å²) in [4.78, 5) is 22.1. The van der Waals surface area contributed by atoms with Crippen LogP contribution in [0.2, 0.25) is 0 Å². The molecule has 0 radical (unpaired) electrons. The lowest BCUT2D eigenvalue weighted by Crippen LogP contribution is -2.26. The number of carboxylic acid groups (broad SMARTS) is 1. The molecule has 0 heterocycles. The fourth-order valence-electron chi connectivity index (χ4n) is 1.78. The lowest BCUT2D eigenvalue weighted by Gasteiger charge is -2.07. The van der Waals surface area contributed by atoms with Crippen LogP contribution in [-0.2, 0) is 26.0 Å². The van der Waals surface area contributed by atoms with E-state index in [0.29, 0.717) is 25.1 Å². The Labute approximate surface area is 129 Å². The van der Waals surface area contributed by atoms with Crippen molar-refractivity contribution in [1.29, 1.82) is 0 Å². The summed E-state index contributed by atoms with van der Waals surface area (Å²) < 4.78 is 25.9. The molecule has 0 saturated heterocycles. The molecular formula is C14H20N2O5S. The molecule has 0 unspecified atom stereocenters. The molecule has 1 rings (SSSR count). The van der Waals surface area contributed by atoms with Crippen molar-refractivity contribution in [2.75, 3.05) is 13.1 Å². The van der Waals surface area contributed by atoms with Gasteiger partial charge in [-0.05, 0) is 24.1 Å². The number of aliphatic carboxylic acids is 1. The van der Waals surface area contributed by atoms with Gasteiger partial charge in [-0.25, -0.2) is 13.1 Å². The highest BCUT2D eigenvalue weighted by Gasteiger charge is 2.12. The van der Waals surface area contributed by atoms with Gasteiger partial charge in [0.05, 0.1) is 11.3 Å². The Kier molecular flexibility index (Phi) is 7.00. The third-order valence-corrected chi connectivity index (χ3v) is 4.38. The summed E-state index contributed by atoms with van der Waals surface area (Å²) >= 11 is 0. The zero-order chi connectivity index (χ0) is 16.6. The van der Waals surface area contributed by atoms with E-state index in [0.717, 1.165) is 0 Å². The maximum absolute atomic E-state index is 11.8. The van der Waals surface area contributed by atoms with Crippen LogP contribution in [0.1, 0.15) is 25.3 Å². The van der Waals surface area contributed by atoms with Gasteiger partial charge in [-0.3, -0.25) is 9.59 Å². The minimum Gasteiger partial charge on any atom is -0.481 e. The van der Waals surface area contributed by atoms with E-state index in [1.165, 1.54) is 12.1 Å². The molecule has 22 heavy (non-hydrogen) atoms. The van der Waals surface area contributed by atoms with Crippen molar-refractivity contribution in [1.82, 2.24) is 10.0 Å². The molecule has 0 saturated carbocycles. The Hall–Kier alpha value is -1.93. The molecule has 0 aromatic heterocycles. The van der Waals surface area contributed by atoms with Gasteiger partial charge < -0.3 is 10.4 Å².